The van der Waals surface area contributed by atoms with Crippen LogP contribution in [0.4, 0.5) is 10.1 Å². The highest BCUT2D eigenvalue weighted by atomic mass is 35.5. The summed E-state index contributed by atoms with van der Waals surface area (Å²) in [5.74, 6) is -0.487. The molecule has 1 aliphatic rings. The topological polar surface area (TPSA) is 43.9 Å². The standard InChI is InChI=1S/C23H29Cl2FN3O2P/c1-3-28(14-13-27(2)20-12-8-11-19(24)21(20)25)15-23(26,32)16-29(17-30)22(31)18-9-6-4-5-7-10-18/h4-9,11-12,17H,3,10,13-16,32H2,1-2H3. The van der Waals surface area contributed by atoms with Crippen molar-refractivity contribution < 1.29 is 14.0 Å². The lowest BCUT2D eigenvalue weighted by Gasteiger charge is -2.33. The van der Waals surface area contributed by atoms with E-state index in [2.05, 4.69) is 9.24 Å². The van der Waals surface area contributed by atoms with Gasteiger partial charge >= 0.3 is 0 Å². The van der Waals surface area contributed by atoms with Gasteiger partial charge in [-0.05, 0) is 25.1 Å². The summed E-state index contributed by atoms with van der Waals surface area (Å²) in [5, 5.41) is -0.900. The zero-order valence-corrected chi connectivity index (χ0v) is 21.0. The molecular formula is C23H29Cl2FN3O2P. The fraction of sp³-hybridized carbons (Fsp3) is 0.391. The summed E-state index contributed by atoms with van der Waals surface area (Å²) in [6, 6.07) is 5.43. The number of amides is 2. The fourth-order valence-corrected chi connectivity index (χ4v) is 4.23. The summed E-state index contributed by atoms with van der Waals surface area (Å²) in [6.45, 7) is 3.39. The Balaban J connectivity index is 1.98. The van der Waals surface area contributed by atoms with Crippen LogP contribution in [0.1, 0.15) is 13.3 Å². The third kappa shape index (κ3) is 7.70. The van der Waals surface area contributed by atoms with Crippen LogP contribution in [0.15, 0.2) is 54.2 Å². The Kier molecular flexibility index (Phi) is 10.4. The molecule has 0 aliphatic heterocycles. The van der Waals surface area contributed by atoms with E-state index in [1.165, 1.54) is 0 Å². The third-order valence-corrected chi connectivity index (χ3v) is 6.29. The SMILES string of the molecule is CCN(CCN(C)c1cccc(Cl)c1Cl)CC(F)(P)CN(C=O)C(=O)C1=CC=CC=CC1. The molecule has 0 heterocycles. The minimum absolute atomic E-state index is 0.0434. The largest absolute Gasteiger partial charge is 0.372 e. The second kappa shape index (κ2) is 12.5. The van der Waals surface area contributed by atoms with Gasteiger partial charge in [0.2, 0.25) is 6.41 Å². The van der Waals surface area contributed by atoms with Crippen LogP contribution >= 0.6 is 32.4 Å². The van der Waals surface area contributed by atoms with E-state index in [-0.39, 0.29) is 13.1 Å². The van der Waals surface area contributed by atoms with E-state index < -0.39 is 11.3 Å². The summed E-state index contributed by atoms with van der Waals surface area (Å²) in [4.78, 5) is 29.0. The van der Waals surface area contributed by atoms with Crippen molar-refractivity contribution in [1.82, 2.24) is 9.80 Å². The maximum absolute atomic E-state index is 15.4. The lowest BCUT2D eigenvalue weighted by Crippen LogP contribution is -2.47. The van der Waals surface area contributed by atoms with Gasteiger partial charge in [-0.2, -0.15) is 0 Å². The number of anilines is 1. The number of hydrogen-bond acceptors (Lipinski definition) is 4. The van der Waals surface area contributed by atoms with E-state index in [9.17, 15) is 9.59 Å². The summed E-state index contributed by atoms with van der Waals surface area (Å²) >= 11 is 12.4. The van der Waals surface area contributed by atoms with Crippen molar-refractivity contribution in [2.24, 2.45) is 0 Å². The third-order valence-electron chi connectivity index (χ3n) is 5.12. The van der Waals surface area contributed by atoms with Gasteiger partial charge in [0.05, 0.1) is 22.3 Å². The molecule has 2 rings (SSSR count). The number of allylic oxidation sites excluding steroid dienone is 5. The number of alkyl halides is 1. The maximum Gasteiger partial charge on any atom is 0.256 e. The van der Waals surface area contributed by atoms with E-state index in [4.69, 9.17) is 23.2 Å². The molecule has 0 aromatic heterocycles. The average molecular weight is 500 g/mol. The van der Waals surface area contributed by atoms with Gasteiger partial charge in [0, 0.05) is 32.3 Å². The molecule has 0 spiro atoms. The first-order valence-electron chi connectivity index (χ1n) is 10.3. The highest BCUT2D eigenvalue weighted by Gasteiger charge is 2.32. The lowest BCUT2D eigenvalue weighted by atomic mass is 10.1. The Morgan fingerprint density at radius 3 is 2.66 bits per heavy atom. The highest BCUT2D eigenvalue weighted by Crippen LogP contribution is 2.31. The minimum Gasteiger partial charge on any atom is -0.372 e. The Morgan fingerprint density at radius 2 is 1.97 bits per heavy atom. The molecule has 1 aromatic rings. The van der Waals surface area contributed by atoms with E-state index in [0.29, 0.717) is 48.1 Å². The molecule has 9 heteroatoms. The van der Waals surface area contributed by atoms with Gasteiger partial charge in [0.25, 0.3) is 5.91 Å². The molecule has 0 N–H and O–H groups in total. The molecule has 32 heavy (non-hydrogen) atoms. The molecular weight excluding hydrogens is 471 g/mol. The van der Waals surface area contributed by atoms with Gasteiger partial charge in [0.15, 0.2) is 5.41 Å². The van der Waals surface area contributed by atoms with Crippen LogP contribution in [0.2, 0.25) is 10.0 Å². The van der Waals surface area contributed by atoms with E-state index >= 15 is 4.39 Å². The van der Waals surface area contributed by atoms with Gasteiger partial charge in [-0.15, -0.1) is 0 Å². The number of hydrogen-bond donors (Lipinski definition) is 0. The molecule has 0 saturated carbocycles. The van der Waals surface area contributed by atoms with Gasteiger partial charge in [-0.3, -0.25) is 19.4 Å². The zero-order valence-electron chi connectivity index (χ0n) is 18.3. The van der Waals surface area contributed by atoms with Gasteiger partial charge in [0.1, 0.15) is 0 Å². The van der Waals surface area contributed by atoms with Crippen molar-refractivity contribution in [3.63, 3.8) is 0 Å². The normalized spacial score (nSPS) is 15.2. The molecule has 1 aliphatic carbocycles. The number of benzene rings is 1. The second-order valence-corrected chi connectivity index (χ2v) is 9.47. The number of imide groups is 1. The number of carbonyl (C=O) groups excluding carboxylic acids is 2. The minimum atomic E-state index is -1.85. The van der Waals surface area contributed by atoms with Crippen LogP contribution in [0.25, 0.3) is 0 Å². The molecule has 2 unspecified atom stereocenters. The van der Waals surface area contributed by atoms with Crippen molar-refractivity contribution in [3.05, 3.63) is 64.2 Å². The summed E-state index contributed by atoms with van der Waals surface area (Å²) in [7, 11) is 4.05. The smallest absolute Gasteiger partial charge is 0.256 e. The van der Waals surface area contributed by atoms with E-state index in [1.54, 1.807) is 24.3 Å². The quantitative estimate of drug-likeness (QED) is 0.326. The first-order chi connectivity index (χ1) is 15.2. The monoisotopic (exact) mass is 499 g/mol. The fourth-order valence-electron chi connectivity index (χ4n) is 3.33. The van der Waals surface area contributed by atoms with Crippen molar-refractivity contribution in [2.75, 3.05) is 44.7 Å². The summed E-state index contributed by atoms with van der Waals surface area (Å²) in [6.07, 6.45) is 9.61. The molecule has 5 nitrogen and oxygen atoms in total. The van der Waals surface area contributed by atoms with Gasteiger partial charge < -0.3 is 4.90 Å². The second-order valence-electron chi connectivity index (χ2n) is 7.65. The van der Waals surface area contributed by atoms with Crippen LogP contribution in [0, 0.1) is 0 Å². The van der Waals surface area contributed by atoms with Crippen LogP contribution in [0.3, 0.4) is 0 Å². The summed E-state index contributed by atoms with van der Waals surface area (Å²) < 4.78 is 15.4. The first-order valence-corrected chi connectivity index (χ1v) is 11.7. The molecule has 174 valence electrons. The van der Waals surface area contributed by atoms with E-state index in [1.807, 2.05) is 48.1 Å². The van der Waals surface area contributed by atoms with Crippen LogP contribution in [0.5, 0.6) is 0 Å². The number of likely N-dealkylation sites (N-methyl/N-ethyl adjacent to an activating group) is 2. The summed E-state index contributed by atoms with van der Waals surface area (Å²) in [5.41, 5.74) is 1.24. The number of halogens is 3. The Morgan fingerprint density at radius 1 is 1.22 bits per heavy atom. The molecule has 1 aromatic carbocycles. The number of carbonyl (C=O) groups is 2. The first kappa shape index (κ1) is 26.5. The molecule has 0 fully saturated rings. The van der Waals surface area contributed by atoms with Crippen molar-refractivity contribution in [1.29, 1.82) is 0 Å². The highest BCUT2D eigenvalue weighted by molar-refractivity contribution is 7.18. The molecule has 0 saturated heterocycles. The number of nitrogens with zero attached hydrogens (tertiary/aromatic N) is 3. The molecule has 0 bridgehead atoms. The van der Waals surface area contributed by atoms with E-state index in [0.717, 1.165) is 10.6 Å². The van der Waals surface area contributed by atoms with Crippen LogP contribution in [-0.2, 0) is 9.59 Å². The van der Waals surface area contributed by atoms with Crippen molar-refractivity contribution in [3.8, 4) is 0 Å². The Bertz CT molecular complexity index is 905. The predicted molar refractivity (Wildman–Crippen MR) is 134 cm³/mol. The molecule has 2 amide bonds. The van der Waals surface area contributed by atoms with Gasteiger partial charge in [-0.25, -0.2) is 4.39 Å². The zero-order chi connectivity index (χ0) is 23.7. The number of rotatable bonds is 11. The van der Waals surface area contributed by atoms with Crippen LogP contribution < -0.4 is 4.90 Å². The Labute approximate surface area is 201 Å². The lowest BCUT2D eigenvalue weighted by molar-refractivity contribution is -0.136. The van der Waals surface area contributed by atoms with Crippen molar-refractivity contribution >= 4 is 50.4 Å². The molecule has 0 radical (unpaired) electrons. The molecule has 2 atom stereocenters. The van der Waals surface area contributed by atoms with Crippen molar-refractivity contribution in [2.45, 2.75) is 18.8 Å². The predicted octanol–water partition coefficient (Wildman–Crippen LogP) is 4.72. The van der Waals surface area contributed by atoms with Crippen LogP contribution in [-0.4, -0.2) is 67.3 Å². The maximum atomic E-state index is 15.4. The Hall–Kier alpha value is -1.72. The average Bonchev–Trinajstić information content (AvgIpc) is 3.05. The van der Waals surface area contributed by atoms with Gasteiger partial charge in [-0.1, -0.05) is 75.8 Å².